The van der Waals surface area contributed by atoms with E-state index in [1.54, 1.807) is 48.5 Å². The fourth-order valence-corrected chi connectivity index (χ4v) is 2.88. The quantitative estimate of drug-likeness (QED) is 0.625. The zero-order valence-electron chi connectivity index (χ0n) is 16.3. The molecule has 0 spiro atoms. The Labute approximate surface area is 167 Å². The highest BCUT2D eigenvalue weighted by Gasteiger charge is 2.17. The minimum absolute atomic E-state index is 0.0700. The van der Waals surface area contributed by atoms with E-state index in [0.29, 0.717) is 41.7 Å². The Balaban J connectivity index is 1.80. The molecule has 0 radical (unpaired) electrons. The molecular formula is C21H22N4O4. The molecule has 0 aliphatic rings. The number of nitrogens with one attached hydrogen (secondary N) is 2. The van der Waals surface area contributed by atoms with Crippen molar-refractivity contribution in [1.82, 2.24) is 20.6 Å². The highest BCUT2D eigenvalue weighted by Crippen LogP contribution is 2.14. The van der Waals surface area contributed by atoms with Gasteiger partial charge in [0.2, 0.25) is 0 Å². The average Bonchev–Trinajstić information content (AvgIpc) is 2.74. The van der Waals surface area contributed by atoms with Crippen molar-refractivity contribution in [2.45, 2.75) is 26.8 Å². The van der Waals surface area contributed by atoms with Crippen LogP contribution < -0.4 is 21.1 Å². The lowest BCUT2D eigenvalue weighted by atomic mass is 10.1. The van der Waals surface area contributed by atoms with Crippen molar-refractivity contribution >= 4 is 22.6 Å². The molecule has 1 aromatic heterocycles. The van der Waals surface area contributed by atoms with E-state index in [4.69, 9.17) is 4.74 Å². The predicted octanol–water partition coefficient (Wildman–Crippen LogP) is 2.28. The SMILES string of the molecule is CCCn1nc(C(=O)NNC(=O)c2ccc(OCC)cc2)c2ccccc2c1=O. The molecule has 0 unspecified atom stereocenters. The van der Waals surface area contributed by atoms with E-state index < -0.39 is 11.8 Å². The first kappa shape index (κ1) is 20.1. The van der Waals surface area contributed by atoms with Gasteiger partial charge in [-0.05, 0) is 43.7 Å². The summed E-state index contributed by atoms with van der Waals surface area (Å²) in [4.78, 5) is 37.5. The maximum Gasteiger partial charge on any atom is 0.290 e. The molecule has 3 rings (SSSR count). The van der Waals surface area contributed by atoms with Gasteiger partial charge in [0, 0.05) is 17.5 Å². The van der Waals surface area contributed by atoms with E-state index in [2.05, 4.69) is 16.0 Å². The number of fused-ring (bicyclic) bond motifs is 1. The Morgan fingerprint density at radius 2 is 1.62 bits per heavy atom. The molecule has 0 atom stereocenters. The van der Waals surface area contributed by atoms with Crippen LogP contribution in [0.2, 0.25) is 0 Å². The Morgan fingerprint density at radius 3 is 2.28 bits per heavy atom. The van der Waals surface area contributed by atoms with Crippen molar-refractivity contribution in [2.75, 3.05) is 6.61 Å². The van der Waals surface area contributed by atoms with Gasteiger partial charge in [-0.2, -0.15) is 5.10 Å². The van der Waals surface area contributed by atoms with E-state index in [1.807, 2.05) is 13.8 Å². The van der Waals surface area contributed by atoms with E-state index >= 15 is 0 Å². The molecule has 2 amide bonds. The molecule has 29 heavy (non-hydrogen) atoms. The van der Waals surface area contributed by atoms with Gasteiger partial charge < -0.3 is 4.74 Å². The summed E-state index contributed by atoms with van der Waals surface area (Å²) < 4.78 is 6.61. The molecule has 2 aromatic carbocycles. The van der Waals surface area contributed by atoms with Crippen LogP contribution in [0.5, 0.6) is 5.75 Å². The highest BCUT2D eigenvalue weighted by atomic mass is 16.5. The number of hydrazine groups is 1. The zero-order valence-corrected chi connectivity index (χ0v) is 16.3. The molecule has 8 heteroatoms. The number of ether oxygens (including phenoxy) is 1. The zero-order chi connectivity index (χ0) is 20.8. The normalized spacial score (nSPS) is 10.6. The fraction of sp³-hybridized carbons (Fsp3) is 0.238. The predicted molar refractivity (Wildman–Crippen MR) is 109 cm³/mol. The van der Waals surface area contributed by atoms with Crippen LogP contribution in [0, 0.1) is 0 Å². The first-order chi connectivity index (χ1) is 14.0. The van der Waals surface area contributed by atoms with Crippen molar-refractivity contribution in [3.05, 3.63) is 70.1 Å². The average molecular weight is 394 g/mol. The first-order valence-electron chi connectivity index (χ1n) is 9.38. The number of amides is 2. The summed E-state index contributed by atoms with van der Waals surface area (Å²) in [5, 5.41) is 5.03. The minimum Gasteiger partial charge on any atom is -0.494 e. The monoisotopic (exact) mass is 394 g/mol. The van der Waals surface area contributed by atoms with Gasteiger partial charge in [0.25, 0.3) is 17.4 Å². The molecule has 0 aliphatic heterocycles. The minimum atomic E-state index is -0.606. The summed E-state index contributed by atoms with van der Waals surface area (Å²) in [6.45, 7) is 4.71. The lowest BCUT2D eigenvalue weighted by molar-refractivity contribution is 0.0843. The summed E-state index contributed by atoms with van der Waals surface area (Å²) >= 11 is 0. The number of aromatic nitrogens is 2. The Hall–Kier alpha value is -3.68. The Kier molecular flexibility index (Phi) is 6.23. The van der Waals surface area contributed by atoms with Crippen molar-refractivity contribution in [3.8, 4) is 5.75 Å². The Bertz CT molecular complexity index is 1090. The van der Waals surface area contributed by atoms with Crippen LogP contribution in [-0.4, -0.2) is 28.2 Å². The van der Waals surface area contributed by atoms with Crippen molar-refractivity contribution in [3.63, 3.8) is 0 Å². The molecule has 0 bridgehead atoms. The van der Waals surface area contributed by atoms with Crippen LogP contribution in [0.4, 0.5) is 0 Å². The maximum atomic E-state index is 12.7. The Morgan fingerprint density at radius 1 is 0.966 bits per heavy atom. The van der Waals surface area contributed by atoms with Crippen molar-refractivity contribution in [2.24, 2.45) is 0 Å². The van der Waals surface area contributed by atoms with Crippen LogP contribution in [0.25, 0.3) is 10.8 Å². The second-order valence-electron chi connectivity index (χ2n) is 6.29. The highest BCUT2D eigenvalue weighted by molar-refractivity contribution is 6.06. The second-order valence-corrected chi connectivity index (χ2v) is 6.29. The molecule has 8 nitrogen and oxygen atoms in total. The number of rotatable bonds is 6. The lowest BCUT2D eigenvalue weighted by Gasteiger charge is -2.11. The standard InChI is InChI=1S/C21H22N4O4/c1-3-13-25-21(28)17-8-6-5-7-16(17)18(24-25)20(27)23-22-19(26)14-9-11-15(12-10-14)29-4-2/h5-12H,3-4,13H2,1-2H3,(H,22,26)(H,23,27). The third-order valence-corrected chi connectivity index (χ3v) is 4.24. The summed E-state index contributed by atoms with van der Waals surface area (Å²) in [7, 11) is 0. The molecule has 2 N–H and O–H groups in total. The van der Waals surface area contributed by atoms with Crippen LogP contribution in [0.15, 0.2) is 53.3 Å². The number of hydrogen-bond acceptors (Lipinski definition) is 5. The van der Waals surface area contributed by atoms with Crippen LogP contribution in [0.1, 0.15) is 41.1 Å². The van der Waals surface area contributed by atoms with Crippen LogP contribution >= 0.6 is 0 Å². The smallest absolute Gasteiger partial charge is 0.290 e. The van der Waals surface area contributed by atoms with Gasteiger partial charge in [0.05, 0.1) is 12.0 Å². The molecule has 3 aromatic rings. The van der Waals surface area contributed by atoms with Gasteiger partial charge in [-0.15, -0.1) is 0 Å². The van der Waals surface area contributed by atoms with E-state index in [-0.39, 0.29) is 11.3 Å². The van der Waals surface area contributed by atoms with Gasteiger partial charge >= 0.3 is 0 Å². The number of hydrogen-bond donors (Lipinski definition) is 2. The fourth-order valence-electron chi connectivity index (χ4n) is 2.88. The number of carbonyl (C=O) groups is 2. The maximum absolute atomic E-state index is 12.7. The van der Waals surface area contributed by atoms with Gasteiger partial charge in [-0.3, -0.25) is 25.2 Å². The molecule has 0 saturated carbocycles. The third kappa shape index (κ3) is 4.43. The molecular weight excluding hydrogens is 372 g/mol. The summed E-state index contributed by atoms with van der Waals surface area (Å²) in [5.74, 6) is -0.431. The lowest BCUT2D eigenvalue weighted by Crippen LogP contribution is -2.42. The van der Waals surface area contributed by atoms with Gasteiger partial charge in [-0.25, -0.2) is 4.68 Å². The molecule has 150 valence electrons. The van der Waals surface area contributed by atoms with Crippen LogP contribution in [0.3, 0.4) is 0 Å². The molecule has 1 heterocycles. The third-order valence-electron chi connectivity index (χ3n) is 4.24. The summed E-state index contributed by atoms with van der Waals surface area (Å²) in [6.07, 6.45) is 0.695. The van der Waals surface area contributed by atoms with Gasteiger partial charge in [-0.1, -0.05) is 25.1 Å². The molecule has 0 saturated heterocycles. The summed E-state index contributed by atoms with van der Waals surface area (Å²) in [5.41, 5.74) is 4.92. The molecule has 0 aliphatic carbocycles. The van der Waals surface area contributed by atoms with E-state index in [9.17, 15) is 14.4 Å². The van der Waals surface area contributed by atoms with Crippen LogP contribution in [-0.2, 0) is 6.54 Å². The second kappa shape index (κ2) is 9.01. The number of carbonyl (C=O) groups excluding carboxylic acids is 2. The number of benzene rings is 2. The van der Waals surface area contributed by atoms with E-state index in [0.717, 1.165) is 0 Å². The van der Waals surface area contributed by atoms with Gasteiger partial charge in [0.15, 0.2) is 5.69 Å². The van der Waals surface area contributed by atoms with Crippen molar-refractivity contribution < 1.29 is 14.3 Å². The van der Waals surface area contributed by atoms with E-state index in [1.165, 1.54) is 4.68 Å². The summed E-state index contributed by atoms with van der Waals surface area (Å²) in [6, 6.07) is 13.3. The number of aryl methyl sites for hydroxylation is 1. The molecule has 0 fully saturated rings. The largest absolute Gasteiger partial charge is 0.494 e. The van der Waals surface area contributed by atoms with Crippen molar-refractivity contribution in [1.29, 1.82) is 0 Å². The topological polar surface area (TPSA) is 102 Å². The van der Waals surface area contributed by atoms with Gasteiger partial charge in [0.1, 0.15) is 5.75 Å². The number of nitrogens with zero attached hydrogens (tertiary/aromatic N) is 2. The first-order valence-corrected chi connectivity index (χ1v) is 9.38.